The second-order valence-corrected chi connectivity index (χ2v) is 5.79. The third-order valence-corrected chi connectivity index (χ3v) is 4.15. The SMILES string of the molecule is O=C1OCCN1CC(=O)N(Cc1ccccc1Cl)C1CC1. The minimum atomic E-state index is -0.406. The van der Waals surface area contributed by atoms with E-state index in [1.54, 1.807) is 0 Å². The molecule has 6 heteroatoms. The number of nitrogens with zero attached hydrogens (tertiary/aromatic N) is 2. The van der Waals surface area contributed by atoms with Gasteiger partial charge in [0.2, 0.25) is 5.91 Å². The summed E-state index contributed by atoms with van der Waals surface area (Å²) < 4.78 is 4.85. The maximum atomic E-state index is 12.5. The fourth-order valence-electron chi connectivity index (χ4n) is 2.44. The van der Waals surface area contributed by atoms with Gasteiger partial charge in [0.05, 0.1) is 6.54 Å². The molecule has 0 spiro atoms. The molecule has 112 valence electrons. The van der Waals surface area contributed by atoms with E-state index in [0.717, 1.165) is 18.4 Å². The number of ether oxygens (including phenoxy) is 1. The first-order valence-electron chi connectivity index (χ1n) is 7.10. The molecule has 5 nitrogen and oxygen atoms in total. The van der Waals surface area contributed by atoms with Crippen LogP contribution in [0.5, 0.6) is 0 Å². The molecule has 1 heterocycles. The van der Waals surface area contributed by atoms with Crippen molar-refractivity contribution in [2.24, 2.45) is 0 Å². The van der Waals surface area contributed by atoms with Crippen LogP contribution in [0.3, 0.4) is 0 Å². The summed E-state index contributed by atoms with van der Waals surface area (Å²) >= 11 is 6.17. The highest BCUT2D eigenvalue weighted by Crippen LogP contribution is 2.30. The molecule has 1 aliphatic heterocycles. The third kappa shape index (κ3) is 3.29. The Kier molecular flexibility index (Phi) is 4.01. The first kappa shape index (κ1) is 14.2. The van der Waals surface area contributed by atoms with E-state index in [9.17, 15) is 9.59 Å². The molecule has 21 heavy (non-hydrogen) atoms. The number of cyclic esters (lactones) is 1. The Balaban J connectivity index is 1.68. The summed E-state index contributed by atoms with van der Waals surface area (Å²) in [6.45, 7) is 1.42. The van der Waals surface area contributed by atoms with Gasteiger partial charge in [-0.25, -0.2) is 4.79 Å². The Morgan fingerprint density at radius 1 is 1.38 bits per heavy atom. The molecule has 2 aliphatic rings. The van der Waals surface area contributed by atoms with Crippen LogP contribution in [-0.4, -0.2) is 47.5 Å². The van der Waals surface area contributed by atoms with E-state index in [2.05, 4.69) is 0 Å². The lowest BCUT2D eigenvalue weighted by Crippen LogP contribution is -2.41. The molecule has 0 aromatic heterocycles. The van der Waals surface area contributed by atoms with E-state index in [0.29, 0.717) is 24.7 Å². The van der Waals surface area contributed by atoms with Crippen LogP contribution in [0.1, 0.15) is 18.4 Å². The Labute approximate surface area is 128 Å². The standard InChI is InChI=1S/C15H17ClN2O3/c16-13-4-2-1-3-11(13)9-18(12-5-6-12)14(19)10-17-7-8-21-15(17)20/h1-4,12H,5-10H2. The Morgan fingerprint density at radius 2 is 2.14 bits per heavy atom. The third-order valence-electron chi connectivity index (χ3n) is 3.78. The number of benzene rings is 1. The lowest BCUT2D eigenvalue weighted by atomic mass is 10.2. The highest BCUT2D eigenvalue weighted by molar-refractivity contribution is 6.31. The van der Waals surface area contributed by atoms with Crippen LogP contribution >= 0.6 is 11.6 Å². The molecule has 0 atom stereocenters. The summed E-state index contributed by atoms with van der Waals surface area (Å²) in [5.74, 6) is -0.0451. The minimum absolute atomic E-state index is 0.0451. The number of rotatable bonds is 5. The molecule has 2 fully saturated rings. The quantitative estimate of drug-likeness (QED) is 0.838. The number of amides is 2. The van der Waals surface area contributed by atoms with E-state index in [1.165, 1.54) is 4.90 Å². The fourth-order valence-corrected chi connectivity index (χ4v) is 2.64. The molecular formula is C15H17ClN2O3. The van der Waals surface area contributed by atoms with Gasteiger partial charge in [-0.15, -0.1) is 0 Å². The van der Waals surface area contributed by atoms with E-state index in [-0.39, 0.29) is 18.5 Å². The molecule has 0 N–H and O–H groups in total. The van der Waals surface area contributed by atoms with Gasteiger partial charge in [0.1, 0.15) is 13.2 Å². The second-order valence-electron chi connectivity index (χ2n) is 5.38. The van der Waals surface area contributed by atoms with Crippen LogP contribution in [0.25, 0.3) is 0 Å². The van der Waals surface area contributed by atoms with Crippen molar-refractivity contribution in [1.82, 2.24) is 9.80 Å². The number of hydrogen-bond acceptors (Lipinski definition) is 3. The molecule has 0 radical (unpaired) electrons. The molecule has 2 amide bonds. The highest BCUT2D eigenvalue weighted by Gasteiger charge is 2.35. The molecular weight excluding hydrogens is 292 g/mol. The zero-order chi connectivity index (χ0) is 14.8. The predicted octanol–water partition coefficient (Wildman–Crippen LogP) is 2.28. The van der Waals surface area contributed by atoms with Gasteiger partial charge >= 0.3 is 6.09 Å². The van der Waals surface area contributed by atoms with Crippen molar-refractivity contribution in [3.63, 3.8) is 0 Å². The van der Waals surface area contributed by atoms with E-state index < -0.39 is 6.09 Å². The molecule has 0 unspecified atom stereocenters. The van der Waals surface area contributed by atoms with Crippen molar-refractivity contribution >= 4 is 23.6 Å². The Hall–Kier alpha value is -1.75. The van der Waals surface area contributed by atoms with E-state index in [4.69, 9.17) is 16.3 Å². The number of carbonyl (C=O) groups is 2. The molecule has 0 bridgehead atoms. The zero-order valence-corrected chi connectivity index (χ0v) is 12.4. The molecule has 1 aromatic carbocycles. The van der Waals surface area contributed by atoms with Crippen LogP contribution in [-0.2, 0) is 16.1 Å². The summed E-state index contributed by atoms with van der Waals surface area (Å²) in [5, 5.41) is 0.663. The number of hydrogen-bond donors (Lipinski definition) is 0. The fraction of sp³-hybridized carbons (Fsp3) is 0.467. The van der Waals surface area contributed by atoms with Crippen molar-refractivity contribution in [3.8, 4) is 0 Å². The number of halogens is 1. The lowest BCUT2D eigenvalue weighted by molar-refractivity contribution is -0.132. The molecule has 3 rings (SSSR count). The van der Waals surface area contributed by atoms with Gasteiger partial charge in [-0.2, -0.15) is 0 Å². The first-order chi connectivity index (χ1) is 10.1. The molecule has 1 saturated carbocycles. The van der Waals surface area contributed by atoms with E-state index >= 15 is 0 Å². The van der Waals surface area contributed by atoms with Gasteiger partial charge in [-0.3, -0.25) is 9.69 Å². The molecule has 1 aliphatic carbocycles. The predicted molar refractivity (Wildman–Crippen MR) is 77.9 cm³/mol. The average Bonchev–Trinajstić information content (AvgIpc) is 3.23. The van der Waals surface area contributed by atoms with Crippen molar-refractivity contribution in [3.05, 3.63) is 34.9 Å². The van der Waals surface area contributed by atoms with Crippen molar-refractivity contribution < 1.29 is 14.3 Å². The maximum absolute atomic E-state index is 12.5. The topological polar surface area (TPSA) is 49.9 Å². The zero-order valence-electron chi connectivity index (χ0n) is 11.6. The second kappa shape index (κ2) is 5.93. The van der Waals surface area contributed by atoms with Crippen molar-refractivity contribution in [1.29, 1.82) is 0 Å². The van der Waals surface area contributed by atoms with Crippen molar-refractivity contribution in [2.75, 3.05) is 19.7 Å². The smallest absolute Gasteiger partial charge is 0.410 e. The monoisotopic (exact) mass is 308 g/mol. The molecule has 1 saturated heterocycles. The van der Waals surface area contributed by atoms with Gasteiger partial charge in [-0.1, -0.05) is 29.8 Å². The van der Waals surface area contributed by atoms with Gasteiger partial charge < -0.3 is 9.64 Å². The van der Waals surface area contributed by atoms with Crippen molar-refractivity contribution in [2.45, 2.75) is 25.4 Å². The highest BCUT2D eigenvalue weighted by atomic mass is 35.5. The number of carbonyl (C=O) groups excluding carboxylic acids is 2. The summed E-state index contributed by atoms with van der Waals surface area (Å²) in [7, 11) is 0. The van der Waals surface area contributed by atoms with Gasteiger partial charge in [-0.05, 0) is 24.5 Å². The summed E-state index contributed by atoms with van der Waals surface area (Å²) in [6.07, 6.45) is 1.62. The van der Waals surface area contributed by atoms with Crippen LogP contribution < -0.4 is 0 Å². The molecule has 1 aromatic rings. The van der Waals surface area contributed by atoms with Gasteiger partial charge in [0, 0.05) is 17.6 Å². The van der Waals surface area contributed by atoms with Crippen LogP contribution in [0.4, 0.5) is 4.79 Å². The Morgan fingerprint density at radius 3 is 2.76 bits per heavy atom. The van der Waals surface area contributed by atoms with Gasteiger partial charge in [0.15, 0.2) is 0 Å². The normalized spacial score (nSPS) is 17.8. The summed E-state index contributed by atoms with van der Waals surface area (Å²) in [6, 6.07) is 7.80. The average molecular weight is 309 g/mol. The van der Waals surface area contributed by atoms with Crippen LogP contribution in [0.2, 0.25) is 5.02 Å². The van der Waals surface area contributed by atoms with E-state index in [1.807, 2.05) is 29.2 Å². The lowest BCUT2D eigenvalue weighted by Gasteiger charge is -2.25. The van der Waals surface area contributed by atoms with Gasteiger partial charge in [0.25, 0.3) is 0 Å². The summed E-state index contributed by atoms with van der Waals surface area (Å²) in [5.41, 5.74) is 0.934. The Bertz CT molecular complexity index is 560. The minimum Gasteiger partial charge on any atom is -0.448 e. The van der Waals surface area contributed by atoms with Crippen LogP contribution in [0.15, 0.2) is 24.3 Å². The first-order valence-corrected chi connectivity index (χ1v) is 7.47. The largest absolute Gasteiger partial charge is 0.448 e. The summed E-state index contributed by atoms with van der Waals surface area (Å²) in [4.78, 5) is 27.2. The maximum Gasteiger partial charge on any atom is 0.410 e. The van der Waals surface area contributed by atoms with Crippen LogP contribution in [0, 0.1) is 0 Å².